The molecule has 2 aromatic carbocycles. The maximum atomic E-state index is 12.1. The number of benzene rings is 2. The summed E-state index contributed by atoms with van der Waals surface area (Å²) < 4.78 is 1.92. The molecule has 106 valence electrons. The molecular weight excluding hydrogens is 407 g/mol. The first-order valence-corrected chi connectivity index (χ1v) is 8.34. The summed E-state index contributed by atoms with van der Waals surface area (Å²) in [5, 5.41) is 10.5. The molecule has 1 aromatic heterocycles. The predicted octanol–water partition coefficient (Wildman–Crippen LogP) is 4.33. The standard InChI is InChI=1S/C17H9IN2OS/c18-13-5-3-4-11(9-13)8-12(10-19)17-20-16(21)14-6-1-2-7-15(14)22-17/h1-9H/b12-8+. The van der Waals surface area contributed by atoms with Crippen LogP contribution < -0.4 is 5.56 Å². The fraction of sp³-hybridized carbons (Fsp3) is 0. The molecule has 0 saturated carbocycles. The van der Waals surface area contributed by atoms with E-state index in [1.807, 2.05) is 42.5 Å². The Hall–Kier alpha value is -2.04. The third kappa shape index (κ3) is 3.08. The first kappa shape index (κ1) is 14.9. The van der Waals surface area contributed by atoms with Gasteiger partial charge in [0.25, 0.3) is 5.56 Å². The molecule has 3 rings (SSSR count). The highest BCUT2D eigenvalue weighted by atomic mass is 127. The van der Waals surface area contributed by atoms with Crippen LogP contribution in [0.25, 0.3) is 21.7 Å². The first-order valence-electron chi connectivity index (χ1n) is 6.45. The second-order valence-corrected chi connectivity index (χ2v) is 6.82. The van der Waals surface area contributed by atoms with E-state index in [9.17, 15) is 10.1 Å². The smallest absolute Gasteiger partial charge is 0.267 e. The predicted molar refractivity (Wildman–Crippen MR) is 98.5 cm³/mol. The number of rotatable bonds is 2. The van der Waals surface area contributed by atoms with Gasteiger partial charge in [0.2, 0.25) is 0 Å². The van der Waals surface area contributed by atoms with Crippen LogP contribution in [-0.2, 0) is 0 Å². The molecule has 0 aliphatic heterocycles. The van der Waals surface area contributed by atoms with Crippen LogP contribution in [0.2, 0.25) is 0 Å². The lowest BCUT2D eigenvalue weighted by atomic mass is 10.1. The average molecular weight is 416 g/mol. The maximum absolute atomic E-state index is 12.1. The Bertz CT molecular complexity index is 986. The van der Waals surface area contributed by atoms with E-state index in [1.165, 1.54) is 11.3 Å². The second-order valence-electron chi connectivity index (χ2n) is 4.55. The second kappa shape index (κ2) is 6.38. The summed E-state index contributed by atoms with van der Waals surface area (Å²) in [5.41, 5.74) is 1.01. The van der Waals surface area contributed by atoms with Gasteiger partial charge in [0.1, 0.15) is 11.1 Å². The molecule has 0 radical (unpaired) electrons. The van der Waals surface area contributed by atoms with Crippen LogP contribution in [0.3, 0.4) is 0 Å². The Labute approximate surface area is 144 Å². The zero-order chi connectivity index (χ0) is 15.5. The molecular formula is C17H9IN2OS. The van der Waals surface area contributed by atoms with E-state index < -0.39 is 0 Å². The molecule has 5 heteroatoms. The van der Waals surface area contributed by atoms with E-state index in [0.29, 0.717) is 16.0 Å². The highest BCUT2D eigenvalue weighted by molar-refractivity contribution is 14.1. The summed E-state index contributed by atoms with van der Waals surface area (Å²) in [6.07, 6.45) is 1.76. The van der Waals surface area contributed by atoms with Crippen LogP contribution in [0.4, 0.5) is 0 Å². The van der Waals surface area contributed by atoms with Crippen LogP contribution >= 0.6 is 33.9 Å². The van der Waals surface area contributed by atoms with Gasteiger partial charge in [0, 0.05) is 8.27 Å². The van der Waals surface area contributed by atoms with Gasteiger partial charge in [-0.2, -0.15) is 10.2 Å². The molecule has 0 unspecified atom stereocenters. The van der Waals surface area contributed by atoms with Crippen molar-refractivity contribution in [1.82, 2.24) is 4.98 Å². The summed E-state index contributed by atoms with van der Waals surface area (Å²) >= 11 is 3.57. The number of fused-ring (bicyclic) bond motifs is 1. The van der Waals surface area contributed by atoms with Crippen LogP contribution in [0.5, 0.6) is 0 Å². The van der Waals surface area contributed by atoms with Crippen molar-refractivity contribution in [1.29, 1.82) is 5.26 Å². The molecule has 0 aliphatic carbocycles. The fourth-order valence-corrected chi connectivity index (χ4v) is 3.56. The first-order chi connectivity index (χ1) is 10.7. The molecule has 0 bridgehead atoms. The van der Waals surface area contributed by atoms with Crippen molar-refractivity contribution in [2.24, 2.45) is 0 Å². The van der Waals surface area contributed by atoms with Gasteiger partial charge in [-0.05, 0) is 58.5 Å². The topological polar surface area (TPSA) is 53.8 Å². The summed E-state index contributed by atoms with van der Waals surface area (Å²) in [7, 11) is 0. The van der Waals surface area contributed by atoms with Crippen molar-refractivity contribution in [2.75, 3.05) is 0 Å². The minimum absolute atomic E-state index is 0.298. The summed E-state index contributed by atoms with van der Waals surface area (Å²) in [4.78, 5) is 16.1. The summed E-state index contributed by atoms with van der Waals surface area (Å²) in [5.74, 6) is 0. The molecule has 0 amide bonds. The molecule has 0 N–H and O–H groups in total. The number of hydrogen-bond donors (Lipinski definition) is 0. The summed E-state index contributed by atoms with van der Waals surface area (Å²) in [6, 6.07) is 17.3. The molecule has 0 aliphatic rings. The van der Waals surface area contributed by atoms with Crippen LogP contribution in [0, 0.1) is 14.9 Å². The largest absolute Gasteiger partial charge is 0.279 e. The van der Waals surface area contributed by atoms with Gasteiger partial charge < -0.3 is 0 Å². The van der Waals surface area contributed by atoms with E-state index in [2.05, 4.69) is 33.6 Å². The van der Waals surface area contributed by atoms with Crippen LogP contribution in [0.15, 0.2) is 53.3 Å². The van der Waals surface area contributed by atoms with Crippen molar-refractivity contribution in [2.45, 2.75) is 0 Å². The van der Waals surface area contributed by atoms with E-state index in [4.69, 9.17) is 0 Å². The third-order valence-corrected chi connectivity index (χ3v) is 4.79. The molecule has 0 atom stereocenters. The Morgan fingerprint density at radius 1 is 1.23 bits per heavy atom. The zero-order valence-electron chi connectivity index (χ0n) is 11.3. The van der Waals surface area contributed by atoms with Crippen molar-refractivity contribution in [3.8, 4) is 6.07 Å². The van der Waals surface area contributed by atoms with Gasteiger partial charge >= 0.3 is 0 Å². The molecule has 0 saturated heterocycles. The quantitative estimate of drug-likeness (QED) is 0.462. The number of aromatic nitrogens is 1. The molecule has 0 fully saturated rings. The van der Waals surface area contributed by atoms with E-state index in [0.717, 1.165) is 13.8 Å². The van der Waals surface area contributed by atoms with E-state index >= 15 is 0 Å². The number of nitrogens with zero attached hydrogens (tertiary/aromatic N) is 2. The Kier molecular flexibility index (Phi) is 4.32. The van der Waals surface area contributed by atoms with Gasteiger partial charge in [-0.1, -0.05) is 24.3 Å². The van der Waals surface area contributed by atoms with Gasteiger partial charge in [-0.25, -0.2) is 0 Å². The lowest BCUT2D eigenvalue weighted by molar-refractivity contribution is 1.28. The average Bonchev–Trinajstić information content (AvgIpc) is 2.52. The van der Waals surface area contributed by atoms with E-state index in [-0.39, 0.29) is 5.56 Å². The number of halogens is 1. The molecule has 1 heterocycles. The van der Waals surface area contributed by atoms with Gasteiger partial charge in [-0.15, -0.1) is 11.3 Å². The SMILES string of the molecule is N#C/C(=C\c1cccc(I)c1)c1nc(=O)c2ccccc2s1. The molecule has 22 heavy (non-hydrogen) atoms. The number of nitriles is 1. The van der Waals surface area contributed by atoms with Crippen LogP contribution in [-0.4, -0.2) is 4.98 Å². The van der Waals surface area contributed by atoms with Gasteiger partial charge in [-0.3, -0.25) is 4.79 Å². The minimum atomic E-state index is -0.298. The van der Waals surface area contributed by atoms with Crippen molar-refractivity contribution >= 4 is 55.7 Å². The fourth-order valence-electron chi connectivity index (χ4n) is 2.03. The monoisotopic (exact) mass is 416 g/mol. The minimum Gasteiger partial charge on any atom is -0.267 e. The van der Waals surface area contributed by atoms with Crippen molar-refractivity contribution < 1.29 is 0 Å². The number of hydrogen-bond acceptors (Lipinski definition) is 4. The van der Waals surface area contributed by atoms with Gasteiger partial charge in [0.05, 0.1) is 11.0 Å². The zero-order valence-corrected chi connectivity index (χ0v) is 14.3. The van der Waals surface area contributed by atoms with Crippen LogP contribution in [0.1, 0.15) is 10.6 Å². The number of allylic oxidation sites excluding steroid dienone is 1. The molecule has 0 spiro atoms. The molecule has 3 aromatic rings. The Morgan fingerprint density at radius 3 is 2.82 bits per heavy atom. The van der Waals surface area contributed by atoms with E-state index in [1.54, 1.807) is 12.1 Å². The summed E-state index contributed by atoms with van der Waals surface area (Å²) in [6.45, 7) is 0. The highest BCUT2D eigenvalue weighted by Crippen LogP contribution is 2.24. The van der Waals surface area contributed by atoms with Crippen molar-refractivity contribution in [3.05, 3.63) is 73.0 Å². The lowest BCUT2D eigenvalue weighted by Crippen LogP contribution is -2.07. The molecule has 3 nitrogen and oxygen atoms in total. The highest BCUT2D eigenvalue weighted by Gasteiger charge is 2.08. The van der Waals surface area contributed by atoms with Crippen molar-refractivity contribution in [3.63, 3.8) is 0 Å². The Balaban J connectivity index is 2.16. The normalized spacial score (nSPS) is 11.4. The maximum Gasteiger partial charge on any atom is 0.279 e. The Morgan fingerprint density at radius 2 is 2.05 bits per heavy atom. The van der Waals surface area contributed by atoms with Gasteiger partial charge in [0.15, 0.2) is 0 Å². The third-order valence-electron chi connectivity index (χ3n) is 3.04. The lowest BCUT2D eigenvalue weighted by Gasteiger charge is -2.01.